The maximum Gasteiger partial charge on any atom is 0.225 e. The molecule has 236 valence electrons. The zero-order valence-corrected chi connectivity index (χ0v) is 26.1. The number of nitrogens with zero attached hydrogens (tertiary/aromatic N) is 4. The molecule has 2 fully saturated rings. The molecule has 3 rings (SSSR count). The van der Waals surface area contributed by atoms with Crippen LogP contribution in [0, 0.1) is 0 Å². The lowest BCUT2D eigenvalue weighted by Crippen LogP contribution is -2.58. The second-order valence-electron chi connectivity index (χ2n) is 11.3. The molecule has 0 atom stereocenters. The van der Waals surface area contributed by atoms with Crippen LogP contribution in [-0.4, -0.2) is 118 Å². The highest BCUT2D eigenvalue weighted by molar-refractivity contribution is 5.92. The van der Waals surface area contributed by atoms with Gasteiger partial charge in [-0.1, -0.05) is 44.2 Å². The van der Waals surface area contributed by atoms with Crippen LogP contribution in [0.4, 0.5) is 0 Å². The Bertz CT molecular complexity index is 978. The Morgan fingerprint density at radius 2 is 1.93 bits per heavy atom. The van der Waals surface area contributed by atoms with Gasteiger partial charge in [-0.2, -0.15) is 5.10 Å². The van der Waals surface area contributed by atoms with E-state index in [4.69, 9.17) is 24.8 Å². The van der Waals surface area contributed by atoms with Crippen LogP contribution in [0.15, 0.2) is 42.0 Å². The Kier molecular flexibility index (Phi) is 14.8. The molecule has 1 amide bonds. The summed E-state index contributed by atoms with van der Waals surface area (Å²) in [5.74, 6) is 6.37. The molecule has 2 N–H and O–H groups in total. The highest BCUT2D eigenvalue weighted by Gasteiger charge is 2.40. The van der Waals surface area contributed by atoms with Crippen molar-refractivity contribution in [1.82, 2.24) is 14.7 Å². The number of benzene rings is 1. The quantitative estimate of drug-likeness (QED) is 0.0741. The maximum absolute atomic E-state index is 12.8. The number of amides is 1. The molecule has 0 aromatic heterocycles. The summed E-state index contributed by atoms with van der Waals surface area (Å²) in [4.78, 5) is 19.3. The molecule has 10 heteroatoms. The average Bonchev–Trinajstić information content (AvgIpc) is 3.02. The average molecular weight is 588 g/mol. The first-order chi connectivity index (χ1) is 20.5. The van der Waals surface area contributed by atoms with E-state index in [2.05, 4.69) is 52.7 Å². The Hall–Kier alpha value is -2.50. The lowest BCUT2D eigenvalue weighted by Gasteiger charge is -2.47. The third-order valence-electron chi connectivity index (χ3n) is 8.39. The van der Waals surface area contributed by atoms with E-state index < -0.39 is 6.29 Å². The molecular weight excluding hydrogens is 534 g/mol. The van der Waals surface area contributed by atoms with E-state index in [0.29, 0.717) is 39.3 Å². The summed E-state index contributed by atoms with van der Waals surface area (Å²) >= 11 is 0. The van der Waals surface area contributed by atoms with Crippen LogP contribution in [-0.2, 0) is 36.6 Å². The topological polar surface area (TPSA) is 102 Å². The van der Waals surface area contributed by atoms with Crippen LogP contribution in [0.1, 0.15) is 50.2 Å². The van der Waals surface area contributed by atoms with Crippen LogP contribution < -0.4 is 5.84 Å². The van der Waals surface area contributed by atoms with E-state index in [9.17, 15) is 4.79 Å². The normalized spacial score (nSPS) is 17.6. The monoisotopic (exact) mass is 587 g/mol. The third-order valence-corrected chi connectivity index (χ3v) is 8.39. The number of ether oxygens (including phenoxy) is 4. The largest absolute Gasteiger partial charge is 0.381 e. The summed E-state index contributed by atoms with van der Waals surface area (Å²) in [7, 11) is 3.19. The Morgan fingerprint density at radius 3 is 2.60 bits per heavy atom. The zero-order valence-electron chi connectivity index (χ0n) is 26.1. The van der Waals surface area contributed by atoms with E-state index >= 15 is 0 Å². The van der Waals surface area contributed by atoms with Crippen molar-refractivity contribution in [1.29, 1.82) is 0 Å². The number of carbonyl (C=O) groups excluding carboxylic acids is 1. The molecule has 42 heavy (non-hydrogen) atoms. The minimum absolute atomic E-state index is 0.0754. The summed E-state index contributed by atoms with van der Waals surface area (Å²) in [6.07, 6.45) is 7.51. The maximum atomic E-state index is 12.8. The van der Waals surface area contributed by atoms with Crippen molar-refractivity contribution in [2.45, 2.75) is 63.8 Å². The van der Waals surface area contributed by atoms with Crippen LogP contribution >= 0.6 is 0 Å². The van der Waals surface area contributed by atoms with Gasteiger partial charge in [0.05, 0.1) is 38.4 Å². The van der Waals surface area contributed by atoms with Crippen molar-refractivity contribution in [2.75, 3.05) is 79.9 Å². The number of nitrogens with two attached hydrogens (primary N) is 1. The molecule has 0 unspecified atom stereocenters. The van der Waals surface area contributed by atoms with E-state index in [-0.39, 0.29) is 11.5 Å². The predicted molar refractivity (Wildman–Crippen MR) is 166 cm³/mol. The Labute approximate surface area is 252 Å². The van der Waals surface area contributed by atoms with Crippen molar-refractivity contribution >= 4 is 11.7 Å². The number of piperidine rings is 1. The molecule has 2 heterocycles. The highest BCUT2D eigenvalue weighted by Crippen LogP contribution is 2.30. The van der Waals surface area contributed by atoms with E-state index in [1.807, 2.05) is 4.90 Å². The van der Waals surface area contributed by atoms with Gasteiger partial charge >= 0.3 is 0 Å². The van der Waals surface area contributed by atoms with Gasteiger partial charge in [-0.15, -0.1) is 0 Å². The standard InChI is InChI=1S/C32H53N5O5/c1-5-7-16-36(25-31(39-3)40-4)30(38)13-22-41-21-12-28-10-8-9-27(24-28)11-17-35-18-14-32(15-19-35)26-37(20-23-42-32)29(6-2)34-33/h6,8-10,24,31H,2,5,7,11-23,25-26,33H2,1,3-4H3/b34-29+. The van der Waals surface area contributed by atoms with Gasteiger partial charge in [0.15, 0.2) is 6.29 Å². The number of hydrogen-bond donors (Lipinski definition) is 1. The van der Waals surface area contributed by atoms with Gasteiger partial charge in [0.1, 0.15) is 5.84 Å². The Morgan fingerprint density at radius 1 is 1.19 bits per heavy atom. The first-order valence-corrected chi connectivity index (χ1v) is 15.5. The lowest BCUT2D eigenvalue weighted by molar-refractivity contribution is -0.146. The van der Waals surface area contributed by atoms with Crippen molar-refractivity contribution in [3.63, 3.8) is 0 Å². The van der Waals surface area contributed by atoms with Crippen molar-refractivity contribution in [2.24, 2.45) is 10.9 Å². The number of unbranched alkanes of at least 4 members (excludes halogenated alkanes) is 1. The van der Waals surface area contributed by atoms with Gasteiger partial charge in [0.2, 0.25) is 5.91 Å². The number of hydrazone groups is 1. The molecule has 1 aromatic carbocycles. The van der Waals surface area contributed by atoms with E-state index in [1.54, 1.807) is 20.3 Å². The molecule has 2 aliphatic rings. The number of rotatable bonds is 17. The van der Waals surface area contributed by atoms with Crippen LogP contribution in [0.5, 0.6) is 0 Å². The SMILES string of the molecule is C=C/C(=N\N)N1CCOC2(CCN(CCc3cccc(CCOCCC(=O)N(CCCC)CC(OC)OC)c3)CC2)C1. The van der Waals surface area contributed by atoms with E-state index in [1.165, 1.54) is 11.1 Å². The second kappa shape index (κ2) is 18.2. The number of hydrogen-bond acceptors (Lipinski definition) is 8. The molecule has 0 saturated carbocycles. The predicted octanol–water partition coefficient (Wildman–Crippen LogP) is 3.05. The molecule has 10 nitrogen and oxygen atoms in total. The van der Waals surface area contributed by atoms with Crippen LogP contribution in [0.2, 0.25) is 0 Å². The van der Waals surface area contributed by atoms with Gasteiger partial charge < -0.3 is 39.5 Å². The molecule has 1 spiro atoms. The first kappa shape index (κ1) is 34.0. The van der Waals surface area contributed by atoms with Crippen molar-refractivity contribution < 1.29 is 23.7 Å². The van der Waals surface area contributed by atoms with Gasteiger partial charge in [-0.3, -0.25) is 4.79 Å². The summed E-state index contributed by atoms with van der Waals surface area (Å²) in [6, 6.07) is 8.78. The Balaban J connectivity index is 1.36. The number of carbonyl (C=O) groups is 1. The smallest absolute Gasteiger partial charge is 0.225 e. The van der Waals surface area contributed by atoms with Gasteiger partial charge in [0, 0.05) is 53.5 Å². The van der Waals surface area contributed by atoms with Gasteiger partial charge in [0.25, 0.3) is 0 Å². The lowest BCUT2D eigenvalue weighted by atomic mass is 9.89. The second-order valence-corrected chi connectivity index (χ2v) is 11.3. The van der Waals surface area contributed by atoms with Gasteiger partial charge in [-0.05, 0) is 49.3 Å². The fraction of sp³-hybridized carbons (Fsp3) is 0.688. The molecule has 0 bridgehead atoms. The number of methoxy groups -OCH3 is 2. The molecule has 2 aliphatic heterocycles. The summed E-state index contributed by atoms with van der Waals surface area (Å²) in [6.45, 7) is 13.5. The minimum Gasteiger partial charge on any atom is -0.381 e. The number of amidine groups is 1. The first-order valence-electron chi connectivity index (χ1n) is 15.5. The fourth-order valence-corrected chi connectivity index (χ4v) is 5.72. The summed E-state index contributed by atoms with van der Waals surface area (Å²) in [5.41, 5.74) is 2.48. The highest BCUT2D eigenvalue weighted by atomic mass is 16.7. The van der Waals surface area contributed by atoms with Crippen LogP contribution in [0.25, 0.3) is 0 Å². The minimum atomic E-state index is -0.412. The number of likely N-dealkylation sites (tertiary alicyclic amines) is 1. The van der Waals surface area contributed by atoms with Gasteiger partial charge in [-0.25, -0.2) is 0 Å². The van der Waals surface area contributed by atoms with E-state index in [0.717, 1.165) is 77.1 Å². The fourth-order valence-electron chi connectivity index (χ4n) is 5.72. The third kappa shape index (κ3) is 10.6. The summed E-state index contributed by atoms with van der Waals surface area (Å²) < 4.78 is 22.7. The van der Waals surface area contributed by atoms with Crippen molar-refractivity contribution in [3.8, 4) is 0 Å². The molecule has 0 radical (unpaired) electrons. The number of morpholine rings is 1. The van der Waals surface area contributed by atoms with Crippen LogP contribution in [0.3, 0.4) is 0 Å². The summed E-state index contributed by atoms with van der Waals surface area (Å²) in [5, 5.41) is 3.88. The van der Waals surface area contributed by atoms with Crippen molar-refractivity contribution in [3.05, 3.63) is 48.0 Å². The zero-order chi connectivity index (χ0) is 30.2. The molecule has 2 saturated heterocycles. The molecule has 0 aliphatic carbocycles. The molecule has 1 aromatic rings. The molecular formula is C32H53N5O5.